The minimum Gasteiger partial charge on any atom is -0.341 e. The van der Waals surface area contributed by atoms with Gasteiger partial charge in [-0.05, 0) is 74.7 Å². The molecule has 0 saturated carbocycles. The van der Waals surface area contributed by atoms with E-state index in [0.717, 1.165) is 52.9 Å². The van der Waals surface area contributed by atoms with Crippen molar-refractivity contribution in [3.8, 4) is 5.69 Å². The molecule has 0 aliphatic carbocycles. The van der Waals surface area contributed by atoms with Crippen molar-refractivity contribution in [2.75, 3.05) is 19.6 Å². The van der Waals surface area contributed by atoms with Gasteiger partial charge < -0.3 is 9.47 Å². The fourth-order valence-corrected chi connectivity index (χ4v) is 4.78. The van der Waals surface area contributed by atoms with Crippen LogP contribution in [-0.4, -0.2) is 51.1 Å². The van der Waals surface area contributed by atoms with Crippen LogP contribution in [0.25, 0.3) is 11.8 Å². The van der Waals surface area contributed by atoms with Crippen LogP contribution in [0, 0.1) is 13.8 Å². The molecule has 0 N–H and O–H groups in total. The lowest BCUT2D eigenvalue weighted by molar-refractivity contribution is -0.136. The van der Waals surface area contributed by atoms with Gasteiger partial charge in [0, 0.05) is 30.7 Å². The number of aryl methyl sites for hydroxylation is 2. The van der Waals surface area contributed by atoms with Crippen LogP contribution in [-0.2, 0) is 9.59 Å². The van der Waals surface area contributed by atoms with E-state index in [1.54, 1.807) is 11.0 Å². The van der Waals surface area contributed by atoms with E-state index >= 15 is 0 Å². The number of likely N-dealkylation sites (tertiary alicyclic amines) is 1. The van der Waals surface area contributed by atoms with Crippen molar-refractivity contribution in [2.45, 2.75) is 33.1 Å². The molecule has 6 nitrogen and oxygen atoms in total. The largest absolute Gasteiger partial charge is 0.341 e. The average molecular weight is 424 g/mol. The molecule has 2 aromatic rings. The van der Waals surface area contributed by atoms with Crippen molar-refractivity contribution in [1.82, 2.24) is 14.4 Å². The molecule has 1 aromatic heterocycles. The summed E-state index contributed by atoms with van der Waals surface area (Å²) in [4.78, 5) is 41.0. The fourth-order valence-electron chi connectivity index (χ4n) is 3.96. The van der Waals surface area contributed by atoms with Crippen LogP contribution in [0.1, 0.15) is 36.1 Å². The third kappa shape index (κ3) is 4.07. The van der Waals surface area contributed by atoms with Gasteiger partial charge in [-0.3, -0.25) is 19.3 Å². The lowest BCUT2D eigenvalue weighted by Crippen LogP contribution is -2.44. The first kappa shape index (κ1) is 20.5. The van der Waals surface area contributed by atoms with Crippen LogP contribution in [0.3, 0.4) is 0 Å². The van der Waals surface area contributed by atoms with E-state index in [1.807, 2.05) is 42.0 Å². The van der Waals surface area contributed by atoms with E-state index in [1.165, 1.54) is 5.56 Å². The highest BCUT2D eigenvalue weighted by molar-refractivity contribution is 8.18. The van der Waals surface area contributed by atoms with E-state index in [-0.39, 0.29) is 17.7 Å². The van der Waals surface area contributed by atoms with Gasteiger partial charge in [-0.1, -0.05) is 17.7 Å². The molecule has 156 valence electrons. The van der Waals surface area contributed by atoms with Crippen LogP contribution in [0.15, 0.2) is 41.4 Å². The number of carbonyl (C=O) groups excluding carboxylic acids is 3. The quantitative estimate of drug-likeness (QED) is 0.694. The number of hydrogen-bond donors (Lipinski definition) is 0. The molecule has 2 saturated heterocycles. The average Bonchev–Trinajstić information content (AvgIpc) is 3.28. The predicted molar refractivity (Wildman–Crippen MR) is 118 cm³/mol. The number of carbonyl (C=O) groups is 3. The Kier molecular flexibility index (Phi) is 5.81. The first-order valence-electron chi connectivity index (χ1n) is 10.2. The first-order chi connectivity index (χ1) is 14.4. The van der Waals surface area contributed by atoms with Crippen molar-refractivity contribution in [3.63, 3.8) is 0 Å². The number of rotatable bonds is 4. The maximum absolute atomic E-state index is 12.9. The number of thioether (sulfide) groups is 1. The van der Waals surface area contributed by atoms with E-state index in [2.05, 4.69) is 13.0 Å². The standard InChI is InChI=1S/C23H25N3O3S/c1-16-8-9-19(17(2)13-16)25-12-6-7-18(25)14-20-22(28)26(23(29)30-20)15-21(27)24-10-4-3-5-11-24/h6-9,12-14H,3-5,10-11,15H2,1-2H3. The van der Waals surface area contributed by atoms with Crippen molar-refractivity contribution in [2.24, 2.45) is 0 Å². The number of piperidine rings is 1. The van der Waals surface area contributed by atoms with Crippen LogP contribution in [0.4, 0.5) is 4.79 Å². The zero-order valence-corrected chi connectivity index (χ0v) is 18.1. The van der Waals surface area contributed by atoms with Crippen molar-refractivity contribution in [3.05, 3.63) is 58.3 Å². The maximum Gasteiger partial charge on any atom is 0.294 e. The van der Waals surface area contributed by atoms with E-state index in [9.17, 15) is 14.4 Å². The Morgan fingerprint density at radius 1 is 1.10 bits per heavy atom. The Morgan fingerprint density at radius 2 is 1.87 bits per heavy atom. The molecule has 1 aromatic carbocycles. The van der Waals surface area contributed by atoms with E-state index < -0.39 is 5.91 Å². The molecule has 7 heteroatoms. The topological polar surface area (TPSA) is 62.6 Å². The van der Waals surface area contributed by atoms with Gasteiger partial charge in [0.1, 0.15) is 6.54 Å². The highest BCUT2D eigenvalue weighted by atomic mass is 32.2. The Labute approximate surface area is 180 Å². The summed E-state index contributed by atoms with van der Waals surface area (Å²) in [5.74, 6) is -0.555. The third-order valence-corrected chi connectivity index (χ3v) is 6.45. The monoisotopic (exact) mass is 423 g/mol. The summed E-state index contributed by atoms with van der Waals surface area (Å²) in [6, 6.07) is 10.0. The highest BCUT2D eigenvalue weighted by Crippen LogP contribution is 2.33. The third-order valence-electron chi connectivity index (χ3n) is 5.55. The minimum absolute atomic E-state index is 0.156. The van der Waals surface area contributed by atoms with Gasteiger partial charge in [0.25, 0.3) is 11.1 Å². The van der Waals surface area contributed by atoms with Gasteiger partial charge in [-0.15, -0.1) is 0 Å². The second kappa shape index (κ2) is 8.52. The summed E-state index contributed by atoms with van der Waals surface area (Å²) in [5, 5.41) is -0.388. The number of aromatic nitrogens is 1. The molecular weight excluding hydrogens is 398 g/mol. The van der Waals surface area contributed by atoms with Crippen LogP contribution in [0.5, 0.6) is 0 Å². The van der Waals surface area contributed by atoms with E-state index in [4.69, 9.17) is 0 Å². The van der Waals surface area contributed by atoms with Crippen molar-refractivity contribution in [1.29, 1.82) is 0 Å². The van der Waals surface area contributed by atoms with Gasteiger partial charge in [0.05, 0.1) is 4.91 Å². The van der Waals surface area contributed by atoms with Gasteiger partial charge >= 0.3 is 0 Å². The Hall–Kier alpha value is -2.80. The van der Waals surface area contributed by atoms with Crippen LogP contribution >= 0.6 is 11.8 Å². The molecule has 0 bridgehead atoms. The molecule has 2 aliphatic rings. The maximum atomic E-state index is 12.9. The second-order valence-electron chi connectivity index (χ2n) is 7.80. The molecule has 3 amide bonds. The number of amides is 3. The SMILES string of the molecule is Cc1ccc(-n2cccc2C=C2SC(=O)N(CC(=O)N3CCCCC3)C2=O)c(C)c1. The number of benzene rings is 1. The summed E-state index contributed by atoms with van der Waals surface area (Å²) in [6.45, 7) is 5.32. The molecule has 2 fully saturated rings. The number of nitrogens with zero attached hydrogens (tertiary/aromatic N) is 3. The van der Waals surface area contributed by atoms with E-state index in [0.29, 0.717) is 18.0 Å². The lowest BCUT2D eigenvalue weighted by Gasteiger charge is -2.27. The zero-order chi connectivity index (χ0) is 21.3. The molecule has 0 atom stereocenters. The van der Waals surface area contributed by atoms with Crippen LogP contribution < -0.4 is 0 Å². The van der Waals surface area contributed by atoms with Gasteiger partial charge in [0.2, 0.25) is 5.91 Å². The molecule has 0 radical (unpaired) electrons. The molecule has 0 unspecified atom stereocenters. The zero-order valence-electron chi connectivity index (χ0n) is 17.3. The molecule has 3 heterocycles. The van der Waals surface area contributed by atoms with Crippen LogP contribution in [0.2, 0.25) is 0 Å². The van der Waals surface area contributed by atoms with Crippen molar-refractivity contribution < 1.29 is 14.4 Å². The summed E-state index contributed by atoms with van der Waals surface area (Å²) >= 11 is 0.894. The number of hydrogen-bond acceptors (Lipinski definition) is 4. The second-order valence-corrected chi connectivity index (χ2v) is 8.80. The van der Waals surface area contributed by atoms with Gasteiger partial charge in [-0.25, -0.2) is 0 Å². The fraction of sp³-hybridized carbons (Fsp3) is 0.348. The van der Waals surface area contributed by atoms with Crippen molar-refractivity contribution >= 4 is 34.9 Å². The molecule has 0 spiro atoms. The number of imide groups is 1. The molecular formula is C23H25N3O3S. The smallest absolute Gasteiger partial charge is 0.294 e. The summed E-state index contributed by atoms with van der Waals surface area (Å²) in [7, 11) is 0. The Balaban J connectivity index is 1.54. The molecule has 4 rings (SSSR count). The highest BCUT2D eigenvalue weighted by Gasteiger charge is 2.37. The van der Waals surface area contributed by atoms with Gasteiger partial charge in [-0.2, -0.15) is 0 Å². The molecule has 30 heavy (non-hydrogen) atoms. The summed E-state index contributed by atoms with van der Waals surface area (Å²) in [6.07, 6.45) is 6.74. The van der Waals surface area contributed by atoms with Gasteiger partial charge in [0.15, 0.2) is 0 Å². The Morgan fingerprint density at radius 3 is 2.60 bits per heavy atom. The summed E-state index contributed by atoms with van der Waals surface area (Å²) < 4.78 is 2.00. The normalized spacial score (nSPS) is 18.5. The first-order valence-corrected chi connectivity index (χ1v) is 11.0. The summed E-state index contributed by atoms with van der Waals surface area (Å²) in [5.41, 5.74) is 4.15. The predicted octanol–water partition coefficient (Wildman–Crippen LogP) is 4.14. The lowest BCUT2D eigenvalue weighted by atomic mass is 10.1. The Bertz CT molecular complexity index is 1030. The minimum atomic E-state index is -0.399. The molecule has 2 aliphatic heterocycles.